The maximum absolute atomic E-state index is 10.0. The summed E-state index contributed by atoms with van der Waals surface area (Å²) in [6, 6.07) is 83.1. The van der Waals surface area contributed by atoms with Crippen molar-refractivity contribution in [3.63, 3.8) is 0 Å². The van der Waals surface area contributed by atoms with Crippen LogP contribution in [0.3, 0.4) is 0 Å². The first kappa shape index (κ1) is 95.1. The third kappa shape index (κ3) is 18.5. The fourth-order valence-electron chi connectivity index (χ4n) is 16.3. The number of aliphatic hydroxyl groups is 4. The average Bonchev–Trinajstić information content (AvgIpc) is 1.53. The predicted molar refractivity (Wildman–Crippen MR) is 521 cm³/mol. The van der Waals surface area contributed by atoms with E-state index in [4.69, 9.17) is 25.4 Å². The molecule has 0 saturated carbocycles. The average molecular weight is 2520 g/mol. The monoisotopic (exact) mass is 2520 g/mol. The van der Waals surface area contributed by atoms with E-state index in [1.54, 1.807) is 45.3 Å². The molecule has 25 aromatic rings. The van der Waals surface area contributed by atoms with E-state index in [1.807, 2.05) is 110 Å². The number of hydrogen-bond acceptors (Lipinski definition) is 20. The van der Waals surface area contributed by atoms with Crippen LogP contribution in [0.2, 0.25) is 0 Å². The van der Waals surface area contributed by atoms with E-state index in [-0.39, 0.29) is 127 Å². The van der Waals surface area contributed by atoms with Crippen LogP contribution in [-0.2, 0) is 99.6 Å². The summed E-state index contributed by atoms with van der Waals surface area (Å²) >= 11 is 6.97. The summed E-state index contributed by atoms with van der Waals surface area (Å²) in [6.07, 6.45) is 21.7. The molecule has 0 unspecified atom stereocenters. The first-order chi connectivity index (χ1) is 62.2. The molecule has 0 saturated heterocycles. The summed E-state index contributed by atoms with van der Waals surface area (Å²) in [5.74, 6) is -0.250. The van der Waals surface area contributed by atoms with Crippen LogP contribution in [-0.4, -0.2) is 101 Å². The van der Waals surface area contributed by atoms with Crippen molar-refractivity contribution in [2.75, 3.05) is 0 Å². The number of aromatic nitrogens is 12. The molecule has 4 radical (unpaired) electrons. The van der Waals surface area contributed by atoms with E-state index in [9.17, 15) is 19.2 Å². The van der Waals surface area contributed by atoms with Crippen LogP contribution in [0, 0.1) is 24.3 Å². The van der Waals surface area contributed by atoms with Gasteiger partial charge in [0.25, 0.3) is 0 Å². The Morgan fingerprint density at radius 2 is 0.591 bits per heavy atom. The second kappa shape index (κ2) is 40.8. The maximum Gasteiger partial charge on any atom is 0.155 e. The summed E-state index contributed by atoms with van der Waals surface area (Å²) in [5.41, 5.74) is 16.7. The topological polar surface area (TPSA) is 270 Å². The van der Waals surface area contributed by atoms with Gasteiger partial charge < -0.3 is 62.9 Å². The molecule has 20 nitrogen and oxygen atoms in total. The van der Waals surface area contributed by atoms with Gasteiger partial charge in [-0.15, -0.1) is 40.4 Å². The van der Waals surface area contributed by atoms with Crippen LogP contribution in [0.4, 0.5) is 0 Å². The van der Waals surface area contributed by atoms with Gasteiger partial charge in [0.2, 0.25) is 0 Å². The molecule has 0 aliphatic heterocycles. The normalized spacial score (nSPS) is 11.7. The van der Waals surface area contributed by atoms with Gasteiger partial charge in [-0.25, -0.2) is 0 Å². The smallest absolute Gasteiger partial charge is 0.155 e. The Kier molecular flexibility index (Phi) is 29.4. The molecule has 25 rings (SSSR count). The minimum atomic E-state index is -0.125. The molecule has 28 heteroatoms. The zero-order valence-electron chi connectivity index (χ0n) is 71.3. The van der Waals surface area contributed by atoms with Crippen molar-refractivity contribution < 1.29 is 120 Å². The summed E-state index contributed by atoms with van der Waals surface area (Å²) in [4.78, 5) is 85.7. The number of para-hydroxylation sites is 4. The summed E-state index contributed by atoms with van der Waals surface area (Å²) in [6.45, 7) is 11.4. The van der Waals surface area contributed by atoms with Crippen LogP contribution >= 0.6 is 45.3 Å². The molecule has 5 aromatic carbocycles. The van der Waals surface area contributed by atoms with Crippen molar-refractivity contribution in [3.05, 3.63) is 328 Å². The van der Waals surface area contributed by atoms with Crippen LogP contribution in [0.5, 0.6) is 0 Å². The van der Waals surface area contributed by atoms with Crippen molar-refractivity contribution in [1.29, 1.82) is 0 Å². The number of allylic oxidation sites excluding steroid dienone is 8. The number of carbonyl (C=O) groups excluding carboxylic acids is 4. The number of nitrogens with zero attached hydrogens (tertiary/aromatic N) is 12. The van der Waals surface area contributed by atoms with Gasteiger partial charge in [0.15, 0.2) is 23.1 Å². The molecular weight excluding hydrogens is 2440 g/mol. The first-order valence-corrected chi connectivity index (χ1v) is 43.8. The summed E-state index contributed by atoms with van der Waals surface area (Å²) in [7, 11) is 0. The Morgan fingerprint density at radius 3 is 1.00 bits per heavy atom. The fraction of sp³-hybridized carbons (Fsp3) is 0.0769. The van der Waals surface area contributed by atoms with Gasteiger partial charge in [0, 0.05) is 278 Å². The Balaban J connectivity index is 0.000000128. The summed E-state index contributed by atoms with van der Waals surface area (Å²) in [5, 5.41) is 51.3. The third-order valence-electron chi connectivity index (χ3n) is 20.9. The molecule has 0 bridgehead atoms. The molecule has 0 fully saturated rings. The second-order valence-corrected chi connectivity index (χ2v) is 34.2. The minimum absolute atomic E-state index is 0. The quantitative estimate of drug-likeness (QED) is 0.0625. The molecule has 20 heterocycles. The number of fused-ring (bicyclic) bond motifs is 25. The minimum Gasteiger partial charge on any atom is -0.512 e. The molecular formula is C104H74Ir4N12O8S4-4. The van der Waals surface area contributed by atoms with E-state index in [0.29, 0.717) is 0 Å². The number of thiophene rings is 4. The molecule has 662 valence electrons. The summed E-state index contributed by atoms with van der Waals surface area (Å²) < 4.78 is 9.36. The largest absolute Gasteiger partial charge is 0.512 e. The molecule has 0 amide bonds. The van der Waals surface area contributed by atoms with Crippen LogP contribution in [0.25, 0.3) is 203 Å². The third-order valence-corrected chi connectivity index (χ3v) is 25.3. The van der Waals surface area contributed by atoms with Crippen molar-refractivity contribution in [2.45, 2.75) is 55.4 Å². The number of pyridine rings is 8. The van der Waals surface area contributed by atoms with E-state index in [2.05, 4.69) is 222 Å². The Bertz CT molecular complexity index is 8040. The number of hydrogen-bond donors (Lipinski definition) is 4. The second-order valence-electron chi connectivity index (χ2n) is 30.2. The maximum atomic E-state index is 10.0. The molecule has 0 atom stereocenters. The van der Waals surface area contributed by atoms with E-state index in [0.717, 1.165) is 85.8 Å². The van der Waals surface area contributed by atoms with Gasteiger partial charge in [-0.1, -0.05) is 167 Å². The number of rotatable bonds is 8. The molecule has 20 aromatic heterocycles. The molecule has 0 aliphatic rings. The number of benzene rings is 5. The van der Waals surface area contributed by atoms with Crippen molar-refractivity contribution >= 4 is 229 Å². The number of ketones is 4. The van der Waals surface area contributed by atoms with E-state index < -0.39 is 0 Å². The standard InChI is InChI=1S/C24H12N3S.3C20H10N3S.4C5H8O2.4Ir/c1-2-6-15-14(5-1)9-11-25-21(15)20-13-18-16-10-12-26-22-17-7-3-4-8-19(17)27(23(16)22)24(18)28-20;1-2-7-16-13(5-1)18-19-12(8-10-22-18)14-11-17(24-20(14)23(16)19)15-6-3-4-9-21-15;1-2-7-16-12(5-1)13-8-10-22-18-14-11-17(15-6-3-4-9-21-15)24-20(14)23(16)19(13)18;1-2-7-17-12(5-1)14-10-21-11-15-13-9-18(16-6-3-4-8-22-16)24-20(13)23(17)19(14)15;4*1-4(6)3-5(2)7;;;;/h1-12H;2*1-10H;1-8,10-11H;4*3,6H,1-2H3;;;;/q4*-1;;;;;;;;. The fourth-order valence-corrected chi connectivity index (χ4v) is 20.8. The zero-order chi connectivity index (χ0) is 88.7. The van der Waals surface area contributed by atoms with Crippen LogP contribution < -0.4 is 0 Å². The van der Waals surface area contributed by atoms with Crippen molar-refractivity contribution in [1.82, 2.24) is 57.5 Å². The number of aliphatic hydroxyl groups excluding tert-OH is 4. The van der Waals surface area contributed by atoms with Gasteiger partial charge >= 0.3 is 0 Å². The van der Waals surface area contributed by atoms with Crippen molar-refractivity contribution in [2.24, 2.45) is 0 Å². The van der Waals surface area contributed by atoms with Crippen molar-refractivity contribution in [3.8, 4) is 42.3 Å². The van der Waals surface area contributed by atoms with E-state index >= 15 is 0 Å². The SMILES string of the molecule is CC(=O)C=C(C)O.CC(=O)C=C(C)O.CC(=O)C=C(C)O.CC(=O)C=C(C)O.[Ir].[Ir].[Ir].[Ir].[c-]1c(-c2ccccn2)sc2c1c1ccnc3c4ccccc4n2c13.[c-]1c(-c2ccccn2)sc2c1c1cncc3c4ccccc4n2c13.[c-]1c(-c2ccccn2)sc2c1c1nccc3c4ccccc4n2c31.[c-]1c(-c2nccc3ccccc23)sc2c1c1ccnc3c4ccccc4n2c13. The van der Waals surface area contributed by atoms with E-state index in [1.165, 1.54) is 197 Å². The zero-order valence-corrected chi connectivity index (χ0v) is 84.2. The van der Waals surface area contributed by atoms with Gasteiger partial charge in [-0.2, -0.15) is 45.3 Å². The van der Waals surface area contributed by atoms with Gasteiger partial charge in [0.1, 0.15) is 0 Å². The Hall–Kier alpha value is -13.0. The Morgan fingerprint density at radius 1 is 0.280 bits per heavy atom. The molecule has 4 N–H and O–H groups in total. The predicted octanol–water partition coefficient (Wildman–Crippen LogP) is 25.9. The Labute approximate surface area is 824 Å². The van der Waals surface area contributed by atoms with Crippen LogP contribution in [0.1, 0.15) is 55.4 Å². The molecule has 0 aliphatic carbocycles. The van der Waals surface area contributed by atoms with Gasteiger partial charge in [0.05, 0.1) is 34.1 Å². The molecule has 0 spiro atoms. The number of carbonyl (C=O) groups is 4. The van der Waals surface area contributed by atoms with Gasteiger partial charge in [-0.05, 0) is 146 Å². The molecule has 132 heavy (non-hydrogen) atoms. The van der Waals surface area contributed by atoms with Crippen LogP contribution in [0.15, 0.2) is 303 Å². The van der Waals surface area contributed by atoms with Gasteiger partial charge in [-0.3, -0.25) is 34.1 Å². The first-order valence-electron chi connectivity index (χ1n) is 40.5.